The Balaban J connectivity index is 2.12. The van der Waals surface area contributed by atoms with Gasteiger partial charge in [0.1, 0.15) is 18.8 Å². The van der Waals surface area contributed by atoms with Gasteiger partial charge in [-0.2, -0.15) is 18.3 Å². The lowest BCUT2D eigenvalue weighted by Crippen LogP contribution is -2.25. The van der Waals surface area contributed by atoms with Crippen molar-refractivity contribution in [2.75, 3.05) is 19.8 Å². The highest BCUT2D eigenvalue weighted by atomic mass is 19.4. The summed E-state index contributed by atoms with van der Waals surface area (Å²) in [6.45, 7) is 2.43. The van der Waals surface area contributed by atoms with E-state index in [1.165, 1.54) is 6.33 Å². The van der Waals surface area contributed by atoms with Gasteiger partial charge in [-0.15, -0.1) is 0 Å². The first kappa shape index (κ1) is 14.9. The molecule has 8 heteroatoms. The molecule has 0 unspecified atom stereocenters. The maximum absolute atomic E-state index is 11.8. The highest BCUT2D eigenvalue weighted by Gasteiger charge is 2.27. The molecule has 1 N–H and O–H groups in total. The van der Waals surface area contributed by atoms with Crippen LogP contribution in [0.25, 0.3) is 0 Å². The molecule has 0 aliphatic heterocycles. The van der Waals surface area contributed by atoms with E-state index in [1.807, 2.05) is 6.92 Å². The molecule has 0 radical (unpaired) electrons. The van der Waals surface area contributed by atoms with Crippen LogP contribution in [0.3, 0.4) is 0 Å². The first-order chi connectivity index (χ1) is 8.53. The fraction of sp³-hybridized carbons (Fsp3) is 0.800. The predicted octanol–water partition coefficient (Wildman–Crippen LogP) is 1.36. The van der Waals surface area contributed by atoms with Gasteiger partial charge in [-0.05, 0) is 6.42 Å². The summed E-state index contributed by atoms with van der Waals surface area (Å²) < 4.78 is 41.5. The van der Waals surface area contributed by atoms with Gasteiger partial charge in [0, 0.05) is 13.1 Å². The average Bonchev–Trinajstić information content (AvgIpc) is 2.70. The number of hydrogen-bond donors (Lipinski definition) is 1. The summed E-state index contributed by atoms with van der Waals surface area (Å²) in [6, 6.07) is 0. The molecule has 0 atom stereocenters. The third kappa shape index (κ3) is 5.97. The van der Waals surface area contributed by atoms with Gasteiger partial charge in [-0.1, -0.05) is 6.92 Å². The molecule has 1 rings (SSSR count). The Morgan fingerprint density at radius 1 is 1.44 bits per heavy atom. The molecule has 1 aromatic rings. The van der Waals surface area contributed by atoms with Crippen LogP contribution < -0.4 is 5.32 Å². The molecule has 0 amide bonds. The monoisotopic (exact) mass is 266 g/mol. The third-order valence-electron chi connectivity index (χ3n) is 2.10. The number of ether oxygens (including phenoxy) is 1. The van der Waals surface area contributed by atoms with Crippen molar-refractivity contribution in [3.05, 3.63) is 12.2 Å². The second kappa shape index (κ2) is 7.32. The van der Waals surface area contributed by atoms with Crippen molar-refractivity contribution in [2.24, 2.45) is 0 Å². The van der Waals surface area contributed by atoms with Crippen LogP contribution in [0.4, 0.5) is 13.2 Å². The third-order valence-corrected chi connectivity index (χ3v) is 2.10. The smallest absolute Gasteiger partial charge is 0.371 e. The van der Waals surface area contributed by atoms with Gasteiger partial charge >= 0.3 is 6.18 Å². The van der Waals surface area contributed by atoms with E-state index in [9.17, 15) is 13.2 Å². The van der Waals surface area contributed by atoms with E-state index >= 15 is 0 Å². The van der Waals surface area contributed by atoms with Crippen molar-refractivity contribution in [2.45, 2.75) is 32.6 Å². The van der Waals surface area contributed by atoms with E-state index in [2.05, 4.69) is 20.1 Å². The fourth-order valence-electron chi connectivity index (χ4n) is 1.36. The molecule has 0 aliphatic rings. The van der Waals surface area contributed by atoms with Crippen LogP contribution in [0.15, 0.2) is 6.33 Å². The van der Waals surface area contributed by atoms with E-state index in [0.717, 1.165) is 18.8 Å². The Morgan fingerprint density at radius 3 is 2.89 bits per heavy atom. The van der Waals surface area contributed by atoms with Gasteiger partial charge in [0.25, 0.3) is 0 Å². The van der Waals surface area contributed by atoms with E-state index in [0.29, 0.717) is 13.1 Å². The first-order valence-corrected chi connectivity index (χ1v) is 5.75. The van der Waals surface area contributed by atoms with Crippen molar-refractivity contribution in [3.63, 3.8) is 0 Å². The molecule has 0 bridgehead atoms. The second-order valence-corrected chi connectivity index (χ2v) is 3.74. The SMILES string of the molecule is CCCn1ncnc1CNCCOCC(F)(F)F. The van der Waals surface area contributed by atoms with Crippen molar-refractivity contribution in [3.8, 4) is 0 Å². The maximum Gasteiger partial charge on any atom is 0.411 e. The molecule has 0 spiro atoms. The predicted molar refractivity (Wildman–Crippen MR) is 58.9 cm³/mol. The Bertz CT molecular complexity index is 340. The summed E-state index contributed by atoms with van der Waals surface area (Å²) in [5.41, 5.74) is 0. The lowest BCUT2D eigenvalue weighted by molar-refractivity contribution is -0.173. The zero-order chi connectivity index (χ0) is 13.4. The Hall–Kier alpha value is -1.15. The van der Waals surface area contributed by atoms with E-state index in [-0.39, 0.29) is 6.61 Å². The number of alkyl halides is 3. The van der Waals surface area contributed by atoms with E-state index in [1.54, 1.807) is 4.68 Å². The summed E-state index contributed by atoms with van der Waals surface area (Å²) in [6.07, 6.45) is -1.85. The highest BCUT2D eigenvalue weighted by molar-refractivity contribution is 4.83. The molecular weight excluding hydrogens is 249 g/mol. The second-order valence-electron chi connectivity index (χ2n) is 3.74. The number of rotatable bonds is 8. The highest BCUT2D eigenvalue weighted by Crippen LogP contribution is 2.13. The molecule has 0 aliphatic carbocycles. The van der Waals surface area contributed by atoms with Crippen molar-refractivity contribution in [1.82, 2.24) is 20.1 Å². The lowest BCUT2D eigenvalue weighted by Gasteiger charge is -2.08. The number of aryl methyl sites for hydroxylation is 1. The normalized spacial score (nSPS) is 12.0. The van der Waals surface area contributed by atoms with Gasteiger partial charge in [0.15, 0.2) is 0 Å². The van der Waals surface area contributed by atoms with Crippen LogP contribution in [-0.2, 0) is 17.8 Å². The van der Waals surface area contributed by atoms with E-state index in [4.69, 9.17) is 0 Å². The van der Waals surface area contributed by atoms with Gasteiger partial charge in [-0.3, -0.25) is 0 Å². The Kier molecular flexibility index (Phi) is 6.06. The summed E-state index contributed by atoms with van der Waals surface area (Å²) >= 11 is 0. The molecule has 18 heavy (non-hydrogen) atoms. The summed E-state index contributed by atoms with van der Waals surface area (Å²) in [5.74, 6) is 0.771. The quantitative estimate of drug-likeness (QED) is 0.722. The summed E-state index contributed by atoms with van der Waals surface area (Å²) in [5, 5.41) is 7.00. The zero-order valence-corrected chi connectivity index (χ0v) is 10.2. The minimum absolute atomic E-state index is 0.0153. The molecule has 0 aromatic carbocycles. The molecule has 0 fully saturated rings. The summed E-state index contributed by atoms with van der Waals surface area (Å²) in [4.78, 5) is 4.06. The van der Waals surface area contributed by atoms with Crippen LogP contribution in [0.2, 0.25) is 0 Å². The number of nitrogens with zero attached hydrogens (tertiary/aromatic N) is 3. The minimum atomic E-state index is -4.26. The fourth-order valence-corrected chi connectivity index (χ4v) is 1.36. The largest absolute Gasteiger partial charge is 0.411 e. The topological polar surface area (TPSA) is 52.0 Å². The Morgan fingerprint density at radius 2 is 2.22 bits per heavy atom. The van der Waals surface area contributed by atoms with E-state index < -0.39 is 12.8 Å². The molecular formula is C10H17F3N4O. The van der Waals surface area contributed by atoms with Gasteiger partial charge in [0.05, 0.1) is 13.2 Å². The standard InChI is InChI=1S/C10H17F3N4O/c1-2-4-17-9(15-8-16-17)6-14-3-5-18-7-10(11,12)13/h8,14H,2-7H2,1H3. The summed E-state index contributed by atoms with van der Waals surface area (Å²) in [7, 11) is 0. The lowest BCUT2D eigenvalue weighted by atomic mass is 10.4. The number of aromatic nitrogens is 3. The average molecular weight is 266 g/mol. The molecule has 104 valence electrons. The Labute approximate surface area is 103 Å². The van der Waals surface area contributed by atoms with Crippen molar-refractivity contribution in [1.29, 1.82) is 0 Å². The van der Waals surface area contributed by atoms with Crippen molar-refractivity contribution < 1.29 is 17.9 Å². The minimum Gasteiger partial charge on any atom is -0.371 e. The molecule has 0 saturated carbocycles. The number of hydrogen-bond acceptors (Lipinski definition) is 4. The van der Waals surface area contributed by atoms with Gasteiger partial charge in [-0.25, -0.2) is 9.67 Å². The van der Waals surface area contributed by atoms with Crippen LogP contribution >= 0.6 is 0 Å². The maximum atomic E-state index is 11.8. The van der Waals surface area contributed by atoms with Crippen LogP contribution in [0.1, 0.15) is 19.2 Å². The van der Waals surface area contributed by atoms with Gasteiger partial charge < -0.3 is 10.1 Å². The molecule has 1 aromatic heterocycles. The van der Waals surface area contributed by atoms with Crippen LogP contribution in [0.5, 0.6) is 0 Å². The van der Waals surface area contributed by atoms with Crippen LogP contribution in [-0.4, -0.2) is 40.7 Å². The molecule has 0 saturated heterocycles. The number of nitrogens with one attached hydrogen (secondary N) is 1. The zero-order valence-electron chi connectivity index (χ0n) is 10.2. The molecule has 5 nitrogen and oxygen atoms in total. The number of halogens is 3. The van der Waals surface area contributed by atoms with Crippen LogP contribution in [0, 0.1) is 0 Å². The van der Waals surface area contributed by atoms with Gasteiger partial charge in [0.2, 0.25) is 0 Å². The van der Waals surface area contributed by atoms with Crippen molar-refractivity contribution >= 4 is 0 Å². The molecule has 1 heterocycles. The first-order valence-electron chi connectivity index (χ1n) is 5.75.